The topological polar surface area (TPSA) is 105 Å². The number of carboxylic acid groups (broad SMARTS) is 1. The van der Waals surface area contributed by atoms with Gasteiger partial charge in [0.05, 0.1) is 29.5 Å². The first kappa shape index (κ1) is 22.1. The summed E-state index contributed by atoms with van der Waals surface area (Å²) in [4.78, 5) is 39.4. The second-order valence-corrected chi connectivity index (χ2v) is 8.74. The number of carboxylic acids is 1. The number of aliphatic carboxylic acids is 1. The van der Waals surface area contributed by atoms with Crippen molar-refractivity contribution in [3.05, 3.63) is 48.0 Å². The van der Waals surface area contributed by atoms with E-state index in [0.717, 1.165) is 14.7 Å². The number of para-hydroxylation sites is 1. The number of rotatable bonds is 6. The third kappa shape index (κ3) is 4.42. The summed E-state index contributed by atoms with van der Waals surface area (Å²) in [5.41, 5.74) is -1.66. The number of nitrogens with one attached hydrogen (secondary N) is 1. The van der Waals surface area contributed by atoms with E-state index in [1.54, 1.807) is 18.2 Å². The summed E-state index contributed by atoms with van der Waals surface area (Å²) in [5, 5.41) is 11.8. The van der Waals surface area contributed by atoms with Gasteiger partial charge in [0.25, 0.3) is 5.91 Å². The summed E-state index contributed by atoms with van der Waals surface area (Å²) in [6.45, 7) is -1.18. The predicted molar refractivity (Wildman–Crippen MR) is 113 cm³/mol. The number of hydrogen-bond acceptors (Lipinski definition) is 6. The minimum Gasteiger partial charge on any atom is -0.480 e. The number of halogens is 1. The van der Waals surface area contributed by atoms with E-state index in [9.17, 15) is 23.9 Å². The highest BCUT2D eigenvalue weighted by Crippen LogP contribution is 2.46. The van der Waals surface area contributed by atoms with Gasteiger partial charge in [0.2, 0.25) is 5.91 Å². The quantitative estimate of drug-likeness (QED) is 0.583. The zero-order valence-corrected chi connectivity index (χ0v) is 18.0. The lowest BCUT2D eigenvalue weighted by Gasteiger charge is -2.22. The average molecular weight is 460 g/mol. The van der Waals surface area contributed by atoms with Crippen LogP contribution >= 0.6 is 11.8 Å². The van der Waals surface area contributed by atoms with Gasteiger partial charge in [-0.05, 0) is 30.3 Å². The van der Waals surface area contributed by atoms with Gasteiger partial charge in [0, 0.05) is 19.1 Å². The van der Waals surface area contributed by atoms with Gasteiger partial charge >= 0.3 is 5.97 Å². The van der Waals surface area contributed by atoms with Crippen molar-refractivity contribution in [2.75, 3.05) is 26.8 Å². The van der Waals surface area contributed by atoms with Crippen molar-refractivity contribution in [3.8, 4) is 11.5 Å². The number of alkyl halides is 1. The van der Waals surface area contributed by atoms with Gasteiger partial charge in [-0.1, -0.05) is 23.9 Å². The molecule has 2 N–H and O–H groups in total. The molecule has 8 nitrogen and oxygen atoms in total. The molecular formula is C22H21FN2O6S. The van der Waals surface area contributed by atoms with E-state index in [4.69, 9.17) is 9.47 Å². The van der Waals surface area contributed by atoms with Gasteiger partial charge < -0.3 is 24.8 Å². The van der Waals surface area contributed by atoms with Gasteiger partial charge in [-0.2, -0.15) is 0 Å². The van der Waals surface area contributed by atoms with Crippen LogP contribution < -0.4 is 10.1 Å². The molecule has 0 aromatic heterocycles. The van der Waals surface area contributed by atoms with Crippen molar-refractivity contribution in [2.45, 2.75) is 27.9 Å². The molecule has 0 spiro atoms. The molecule has 168 valence electrons. The Labute approximate surface area is 187 Å². The zero-order valence-electron chi connectivity index (χ0n) is 17.2. The Kier molecular flexibility index (Phi) is 6.07. The van der Waals surface area contributed by atoms with E-state index < -0.39 is 42.6 Å². The van der Waals surface area contributed by atoms with Crippen LogP contribution in [0.5, 0.6) is 11.5 Å². The van der Waals surface area contributed by atoms with Gasteiger partial charge in [-0.25, -0.2) is 9.18 Å². The Balaban J connectivity index is 1.41. The van der Waals surface area contributed by atoms with Gasteiger partial charge in [0.15, 0.2) is 5.67 Å². The maximum atomic E-state index is 14.8. The third-order valence-corrected chi connectivity index (χ3v) is 6.41. The molecule has 32 heavy (non-hydrogen) atoms. The van der Waals surface area contributed by atoms with Crippen LogP contribution in [0.15, 0.2) is 52.3 Å². The number of carbonyl (C=O) groups is 3. The molecule has 1 unspecified atom stereocenters. The molecule has 2 atom stereocenters. The summed E-state index contributed by atoms with van der Waals surface area (Å²) < 4.78 is 25.5. The highest BCUT2D eigenvalue weighted by Gasteiger charge is 2.49. The van der Waals surface area contributed by atoms with Crippen molar-refractivity contribution >= 4 is 29.5 Å². The summed E-state index contributed by atoms with van der Waals surface area (Å²) in [6.07, 6.45) is -0.364. The zero-order chi connectivity index (χ0) is 22.9. The van der Waals surface area contributed by atoms with Crippen LogP contribution in [-0.2, 0) is 14.3 Å². The van der Waals surface area contributed by atoms with Crippen LogP contribution in [0.2, 0.25) is 0 Å². The molecule has 4 rings (SSSR count). The number of methoxy groups -OCH3 is 1. The van der Waals surface area contributed by atoms with E-state index in [1.807, 2.05) is 24.3 Å². The Morgan fingerprint density at radius 2 is 2.00 bits per heavy atom. The first-order valence-corrected chi connectivity index (χ1v) is 10.7. The highest BCUT2D eigenvalue weighted by atomic mass is 32.2. The fourth-order valence-corrected chi connectivity index (χ4v) is 4.74. The summed E-state index contributed by atoms with van der Waals surface area (Å²) in [6, 6.07) is 11.2. The number of hydrogen-bond donors (Lipinski definition) is 2. The maximum Gasteiger partial charge on any atom is 0.326 e. The normalized spacial score (nSPS) is 21.3. The monoisotopic (exact) mass is 460 g/mol. The lowest BCUT2D eigenvalue weighted by molar-refractivity contribution is -0.147. The fraction of sp³-hybridized carbons (Fsp3) is 0.318. The predicted octanol–water partition coefficient (Wildman–Crippen LogP) is 2.71. The number of carbonyl (C=O) groups excluding carboxylic acids is 2. The summed E-state index contributed by atoms with van der Waals surface area (Å²) >= 11 is 1.53. The van der Waals surface area contributed by atoms with Crippen molar-refractivity contribution in [3.63, 3.8) is 0 Å². The minimum absolute atomic E-state index is 0.284. The summed E-state index contributed by atoms with van der Waals surface area (Å²) in [5.74, 6) is -1.29. The Hall–Kier alpha value is -3.11. The molecule has 2 aliphatic rings. The fourth-order valence-electron chi connectivity index (χ4n) is 3.81. The molecule has 0 aliphatic carbocycles. The second-order valence-electron chi connectivity index (χ2n) is 7.66. The molecule has 2 heterocycles. The number of nitrogens with zero attached hydrogens (tertiary/aromatic N) is 1. The molecular weight excluding hydrogens is 439 g/mol. The highest BCUT2D eigenvalue weighted by molar-refractivity contribution is 7.99. The van der Waals surface area contributed by atoms with Crippen LogP contribution in [0, 0.1) is 0 Å². The molecule has 0 saturated carbocycles. The van der Waals surface area contributed by atoms with Crippen LogP contribution in [0.3, 0.4) is 0 Å². The number of benzene rings is 2. The lowest BCUT2D eigenvalue weighted by atomic mass is 10.0. The third-order valence-electron chi connectivity index (χ3n) is 5.29. The van der Waals surface area contributed by atoms with Crippen molar-refractivity contribution in [2.24, 2.45) is 0 Å². The second kappa shape index (κ2) is 8.79. The molecule has 2 aromatic rings. The van der Waals surface area contributed by atoms with E-state index >= 15 is 0 Å². The molecule has 0 radical (unpaired) electrons. The van der Waals surface area contributed by atoms with Crippen LogP contribution in [0.4, 0.5) is 4.39 Å². The Bertz CT molecular complexity index is 1080. The number of fused-ring (bicyclic) bond motifs is 2. The largest absolute Gasteiger partial charge is 0.480 e. The van der Waals surface area contributed by atoms with Crippen molar-refractivity contribution < 1.29 is 33.4 Å². The Morgan fingerprint density at radius 3 is 2.75 bits per heavy atom. The van der Waals surface area contributed by atoms with E-state index in [-0.39, 0.29) is 18.6 Å². The van der Waals surface area contributed by atoms with Crippen LogP contribution in [-0.4, -0.2) is 66.3 Å². The number of amides is 2. The van der Waals surface area contributed by atoms with Crippen molar-refractivity contribution in [1.82, 2.24) is 10.2 Å². The minimum atomic E-state index is -1.94. The van der Waals surface area contributed by atoms with Gasteiger partial charge in [-0.15, -0.1) is 0 Å². The van der Waals surface area contributed by atoms with E-state index in [0.29, 0.717) is 11.5 Å². The SMILES string of the molecule is COC[C@@]1(F)CC(C(=O)O)N(C(=O)CNC(=O)c2ccc3c(c2)Oc2ccccc2S3)C1. The molecule has 1 saturated heterocycles. The molecule has 2 amide bonds. The first-order chi connectivity index (χ1) is 15.3. The summed E-state index contributed by atoms with van der Waals surface area (Å²) in [7, 11) is 1.31. The van der Waals surface area contributed by atoms with E-state index in [1.165, 1.54) is 18.9 Å². The lowest BCUT2D eigenvalue weighted by Crippen LogP contribution is -2.46. The smallest absolute Gasteiger partial charge is 0.326 e. The molecule has 10 heteroatoms. The molecule has 2 aliphatic heterocycles. The van der Waals surface area contributed by atoms with Gasteiger partial charge in [-0.3, -0.25) is 9.59 Å². The average Bonchev–Trinajstić information content (AvgIpc) is 3.13. The Morgan fingerprint density at radius 1 is 1.25 bits per heavy atom. The van der Waals surface area contributed by atoms with Crippen LogP contribution in [0.1, 0.15) is 16.8 Å². The standard InChI is InChI=1S/C22H21FN2O6S/c1-30-12-22(23)9-14(21(28)29)25(11-22)19(26)10-24-20(27)13-6-7-18-16(8-13)31-15-4-2-3-5-17(15)32-18/h2-8,14H,9-12H2,1H3,(H,24,27)(H,28,29)/t14?,22-/m1/s1. The van der Waals surface area contributed by atoms with Crippen LogP contribution in [0.25, 0.3) is 0 Å². The van der Waals surface area contributed by atoms with Crippen molar-refractivity contribution in [1.29, 1.82) is 0 Å². The first-order valence-electron chi connectivity index (χ1n) is 9.87. The molecule has 1 fully saturated rings. The molecule has 2 aromatic carbocycles. The maximum absolute atomic E-state index is 14.8. The molecule has 0 bridgehead atoms. The number of ether oxygens (including phenoxy) is 2. The van der Waals surface area contributed by atoms with Gasteiger partial charge in [0.1, 0.15) is 17.5 Å². The number of likely N-dealkylation sites (tertiary alicyclic amines) is 1. The van der Waals surface area contributed by atoms with E-state index in [2.05, 4.69) is 5.32 Å².